The van der Waals surface area contributed by atoms with Crippen LogP contribution in [0, 0.1) is 5.92 Å². The van der Waals surface area contributed by atoms with Crippen LogP contribution < -0.4 is 11.1 Å². The SMILES string of the molecule is Cl.Cn1nccc1C(=O)NC(CN)C1CCCCC1. The van der Waals surface area contributed by atoms with Crippen LogP contribution in [0.2, 0.25) is 0 Å². The van der Waals surface area contributed by atoms with Gasteiger partial charge in [0.25, 0.3) is 5.91 Å². The molecule has 0 bridgehead atoms. The van der Waals surface area contributed by atoms with E-state index in [2.05, 4.69) is 10.4 Å². The maximum Gasteiger partial charge on any atom is 0.269 e. The predicted molar refractivity (Wildman–Crippen MR) is 77.3 cm³/mol. The van der Waals surface area contributed by atoms with Crippen molar-refractivity contribution >= 4 is 18.3 Å². The van der Waals surface area contributed by atoms with Gasteiger partial charge in [0.2, 0.25) is 0 Å². The van der Waals surface area contributed by atoms with Crippen LogP contribution in [0.1, 0.15) is 42.6 Å². The topological polar surface area (TPSA) is 72.9 Å². The van der Waals surface area contributed by atoms with Gasteiger partial charge in [0.05, 0.1) is 0 Å². The molecule has 1 unspecified atom stereocenters. The molecule has 3 N–H and O–H groups in total. The highest BCUT2D eigenvalue weighted by Gasteiger charge is 2.24. The van der Waals surface area contributed by atoms with E-state index in [9.17, 15) is 4.79 Å². The van der Waals surface area contributed by atoms with E-state index in [0.717, 1.165) is 0 Å². The number of nitrogens with one attached hydrogen (secondary N) is 1. The lowest BCUT2D eigenvalue weighted by atomic mass is 9.84. The molecule has 0 aromatic carbocycles. The molecule has 19 heavy (non-hydrogen) atoms. The summed E-state index contributed by atoms with van der Waals surface area (Å²) >= 11 is 0. The van der Waals surface area contributed by atoms with Crippen LogP contribution in [0.15, 0.2) is 12.3 Å². The number of nitrogens with two attached hydrogens (primary N) is 1. The number of hydrogen-bond acceptors (Lipinski definition) is 3. The smallest absolute Gasteiger partial charge is 0.269 e. The Morgan fingerprint density at radius 1 is 1.53 bits per heavy atom. The van der Waals surface area contributed by atoms with E-state index in [-0.39, 0.29) is 24.4 Å². The van der Waals surface area contributed by atoms with E-state index in [4.69, 9.17) is 5.73 Å². The molecule has 0 spiro atoms. The van der Waals surface area contributed by atoms with Crippen LogP contribution in [0.3, 0.4) is 0 Å². The van der Waals surface area contributed by atoms with Crippen LogP contribution in [-0.4, -0.2) is 28.3 Å². The molecule has 0 radical (unpaired) electrons. The Kier molecular flexibility index (Phi) is 6.31. The van der Waals surface area contributed by atoms with Gasteiger partial charge in [-0.1, -0.05) is 19.3 Å². The predicted octanol–water partition coefficient (Wildman–Crippen LogP) is 1.48. The molecule has 108 valence electrons. The minimum Gasteiger partial charge on any atom is -0.346 e. The summed E-state index contributed by atoms with van der Waals surface area (Å²) in [7, 11) is 1.77. The molecule has 1 fully saturated rings. The summed E-state index contributed by atoms with van der Waals surface area (Å²) in [6.07, 6.45) is 7.79. The van der Waals surface area contributed by atoms with Gasteiger partial charge in [-0.15, -0.1) is 12.4 Å². The third kappa shape index (κ3) is 3.94. The summed E-state index contributed by atoms with van der Waals surface area (Å²) in [5, 5.41) is 7.06. The van der Waals surface area contributed by atoms with Crippen LogP contribution in [0.4, 0.5) is 0 Å². The summed E-state index contributed by atoms with van der Waals surface area (Å²) in [6.45, 7) is 0.508. The van der Waals surface area contributed by atoms with Gasteiger partial charge in [-0.25, -0.2) is 0 Å². The molecular weight excluding hydrogens is 264 g/mol. The average molecular weight is 287 g/mol. The van der Waals surface area contributed by atoms with Crippen molar-refractivity contribution in [2.75, 3.05) is 6.54 Å². The maximum atomic E-state index is 12.1. The quantitative estimate of drug-likeness (QED) is 0.880. The number of carbonyl (C=O) groups is 1. The molecule has 1 atom stereocenters. The lowest BCUT2D eigenvalue weighted by molar-refractivity contribution is 0.0906. The zero-order valence-corrected chi connectivity index (χ0v) is 12.2. The van der Waals surface area contributed by atoms with E-state index in [1.54, 1.807) is 24.0 Å². The molecule has 6 heteroatoms. The number of nitrogens with zero attached hydrogens (tertiary/aromatic N) is 2. The number of halogens is 1. The van der Waals surface area contributed by atoms with Crippen molar-refractivity contribution in [3.8, 4) is 0 Å². The minimum absolute atomic E-state index is 0. The molecule has 0 saturated heterocycles. The molecule has 1 aliphatic rings. The second kappa shape index (κ2) is 7.50. The number of aryl methyl sites for hydroxylation is 1. The summed E-state index contributed by atoms with van der Waals surface area (Å²) in [5.41, 5.74) is 6.39. The number of carbonyl (C=O) groups excluding carboxylic acids is 1. The fourth-order valence-corrected chi connectivity index (χ4v) is 2.74. The van der Waals surface area contributed by atoms with Gasteiger partial charge in [0, 0.05) is 25.8 Å². The highest BCUT2D eigenvalue weighted by molar-refractivity contribution is 5.92. The fourth-order valence-electron chi connectivity index (χ4n) is 2.74. The Hall–Kier alpha value is -1.07. The van der Waals surface area contributed by atoms with Gasteiger partial charge < -0.3 is 11.1 Å². The fraction of sp³-hybridized carbons (Fsp3) is 0.692. The van der Waals surface area contributed by atoms with Gasteiger partial charge in [-0.05, 0) is 24.8 Å². The van der Waals surface area contributed by atoms with E-state index < -0.39 is 0 Å². The molecule has 5 nitrogen and oxygen atoms in total. The molecule has 0 aliphatic heterocycles. The van der Waals surface area contributed by atoms with Crippen molar-refractivity contribution in [2.45, 2.75) is 38.1 Å². The van der Waals surface area contributed by atoms with Crippen molar-refractivity contribution in [1.82, 2.24) is 15.1 Å². The van der Waals surface area contributed by atoms with E-state index >= 15 is 0 Å². The minimum atomic E-state index is -0.0731. The largest absolute Gasteiger partial charge is 0.346 e. The first-order valence-electron chi connectivity index (χ1n) is 6.71. The zero-order chi connectivity index (χ0) is 13.0. The van der Waals surface area contributed by atoms with Crippen molar-refractivity contribution in [3.63, 3.8) is 0 Å². The first kappa shape index (κ1) is 16.0. The Labute approximate surface area is 120 Å². The monoisotopic (exact) mass is 286 g/mol. The summed E-state index contributed by atoms with van der Waals surface area (Å²) in [5.74, 6) is 0.456. The third-order valence-corrected chi connectivity index (χ3v) is 3.84. The zero-order valence-electron chi connectivity index (χ0n) is 11.3. The Bertz CT molecular complexity index is 401. The highest BCUT2D eigenvalue weighted by atomic mass is 35.5. The summed E-state index contributed by atoms with van der Waals surface area (Å²) in [4.78, 5) is 12.1. The van der Waals surface area contributed by atoms with Gasteiger partial charge in [-0.2, -0.15) is 5.10 Å². The standard InChI is InChI=1S/C13H22N4O.ClH/c1-17-12(7-8-15-17)13(18)16-11(9-14)10-5-3-2-4-6-10;/h7-8,10-11H,2-6,9,14H2,1H3,(H,16,18);1H. The Balaban J connectivity index is 0.00000180. The van der Waals surface area contributed by atoms with Gasteiger partial charge >= 0.3 is 0 Å². The number of amides is 1. The van der Waals surface area contributed by atoms with Crippen LogP contribution in [0.5, 0.6) is 0 Å². The number of hydrogen-bond donors (Lipinski definition) is 2. The van der Waals surface area contributed by atoms with Crippen LogP contribution in [-0.2, 0) is 7.05 Å². The summed E-state index contributed by atoms with van der Waals surface area (Å²) in [6, 6.07) is 1.82. The Morgan fingerprint density at radius 2 is 2.21 bits per heavy atom. The molecule has 1 aromatic heterocycles. The second-order valence-electron chi connectivity index (χ2n) is 5.05. The molecule has 1 heterocycles. The second-order valence-corrected chi connectivity index (χ2v) is 5.05. The van der Waals surface area contributed by atoms with Crippen molar-refractivity contribution in [2.24, 2.45) is 18.7 Å². The molecule has 2 rings (SSSR count). The normalized spacial score (nSPS) is 17.6. The van der Waals surface area contributed by atoms with Crippen molar-refractivity contribution < 1.29 is 4.79 Å². The van der Waals surface area contributed by atoms with Crippen molar-refractivity contribution in [1.29, 1.82) is 0 Å². The van der Waals surface area contributed by atoms with E-state index in [0.29, 0.717) is 18.2 Å². The van der Waals surface area contributed by atoms with Gasteiger partial charge in [0.1, 0.15) is 5.69 Å². The molecular formula is C13H23ClN4O. The first-order valence-corrected chi connectivity index (χ1v) is 6.71. The van der Waals surface area contributed by atoms with Crippen LogP contribution >= 0.6 is 12.4 Å². The third-order valence-electron chi connectivity index (χ3n) is 3.84. The number of rotatable bonds is 4. The summed E-state index contributed by atoms with van der Waals surface area (Å²) < 4.78 is 1.59. The van der Waals surface area contributed by atoms with Crippen molar-refractivity contribution in [3.05, 3.63) is 18.0 Å². The Morgan fingerprint density at radius 3 is 2.74 bits per heavy atom. The maximum absolute atomic E-state index is 12.1. The molecule has 1 aromatic rings. The lowest BCUT2D eigenvalue weighted by Gasteiger charge is -2.30. The first-order chi connectivity index (χ1) is 8.72. The molecule has 1 saturated carbocycles. The van der Waals surface area contributed by atoms with Crippen LogP contribution in [0.25, 0.3) is 0 Å². The highest BCUT2D eigenvalue weighted by Crippen LogP contribution is 2.26. The van der Waals surface area contributed by atoms with Gasteiger partial charge in [0.15, 0.2) is 0 Å². The number of aromatic nitrogens is 2. The lowest BCUT2D eigenvalue weighted by Crippen LogP contribution is -2.46. The van der Waals surface area contributed by atoms with E-state index in [1.165, 1.54) is 32.1 Å². The van der Waals surface area contributed by atoms with E-state index in [1.807, 2.05) is 0 Å². The molecule has 1 aliphatic carbocycles. The average Bonchev–Trinajstić information content (AvgIpc) is 2.83. The molecule has 1 amide bonds. The van der Waals surface area contributed by atoms with Gasteiger partial charge in [-0.3, -0.25) is 9.48 Å².